The fourth-order valence-corrected chi connectivity index (χ4v) is 2.75. The van der Waals surface area contributed by atoms with Crippen LogP contribution in [0.4, 0.5) is 0 Å². The Bertz CT molecular complexity index is 967. The zero-order chi connectivity index (χ0) is 19.1. The third-order valence-corrected chi connectivity index (χ3v) is 3.97. The van der Waals surface area contributed by atoms with E-state index in [1.807, 2.05) is 74.5 Å². The van der Waals surface area contributed by atoms with Gasteiger partial charge in [-0.15, -0.1) is 0 Å². The van der Waals surface area contributed by atoms with E-state index in [0.717, 1.165) is 27.6 Å². The molecule has 0 unspecified atom stereocenters. The van der Waals surface area contributed by atoms with E-state index in [2.05, 4.69) is 10.5 Å². The lowest BCUT2D eigenvalue weighted by Crippen LogP contribution is -2.24. The maximum atomic E-state index is 12.0. The number of benzene rings is 3. The number of fused-ring (bicyclic) bond motifs is 1. The number of nitrogens with zero attached hydrogens (tertiary/aromatic N) is 1. The summed E-state index contributed by atoms with van der Waals surface area (Å²) in [5.41, 5.74) is 4.40. The predicted octanol–water partition coefficient (Wildman–Crippen LogP) is 4.08. The number of hydrazone groups is 1. The second-order valence-electron chi connectivity index (χ2n) is 6.03. The number of rotatable bonds is 7. The summed E-state index contributed by atoms with van der Waals surface area (Å²) in [6.45, 7) is 4.35. The average Bonchev–Trinajstić information content (AvgIpc) is 2.68. The molecule has 138 valence electrons. The zero-order valence-electron chi connectivity index (χ0n) is 15.4. The van der Waals surface area contributed by atoms with Crippen LogP contribution in [-0.2, 0) is 4.79 Å². The molecule has 1 amide bonds. The molecular formula is C22H22N2O3. The molecular weight excluding hydrogens is 340 g/mol. The summed E-state index contributed by atoms with van der Waals surface area (Å²) < 4.78 is 11.2. The van der Waals surface area contributed by atoms with E-state index < -0.39 is 0 Å². The first-order chi connectivity index (χ1) is 13.2. The van der Waals surface area contributed by atoms with Crippen LogP contribution in [0.5, 0.6) is 11.5 Å². The first-order valence-corrected chi connectivity index (χ1v) is 8.83. The summed E-state index contributed by atoms with van der Waals surface area (Å²) in [6, 6.07) is 19.4. The van der Waals surface area contributed by atoms with Crippen LogP contribution >= 0.6 is 0 Å². The van der Waals surface area contributed by atoms with Crippen molar-refractivity contribution < 1.29 is 14.3 Å². The van der Waals surface area contributed by atoms with Crippen LogP contribution in [0.1, 0.15) is 18.1 Å². The van der Waals surface area contributed by atoms with Crippen molar-refractivity contribution in [2.75, 3.05) is 13.2 Å². The third-order valence-electron chi connectivity index (χ3n) is 3.97. The van der Waals surface area contributed by atoms with Gasteiger partial charge in [0.15, 0.2) is 6.61 Å². The van der Waals surface area contributed by atoms with E-state index in [0.29, 0.717) is 12.4 Å². The minimum absolute atomic E-state index is 0.103. The Morgan fingerprint density at radius 1 is 1.07 bits per heavy atom. The van der Waals surface area contributed by atoms with Crippen molar-refractivity contribution in [3.05, 3.63) is 71.8 Å². The lowest BCUT2D eigenvalue weighted by Gasteiger charge is -2.10. The average molecular weight is 362 g/mol. The van der Waals surface area contributed by atoms with Crippen molar-refractivity contribution in [3.63, 3.8) is 0 Å². The molecule has 0 fully saturated rings. The fourth-order valence-electron chi connectivity index (χ4n) is 2.75. The molecule has 27 heavy (non-hydrogen) atoms. The number of carbonyl (C=O) groups is 1. The van der Waals surface area contributed by atoms with Crippen LogP contribution < -0.4 is 14.9 Å². The van der Waals surface area contributed by atoms with E-state index in [9.17, 15) is 4.79 Å². The van der Waals surface area contributed by atoms with Gasteiger partial charge in [0.05, 0.1) is 12.8 Å². The summed E-state index contributed by atoms with van der Waals surface area (Å²) in [4.78, 5) is 12.0. The fraction of sp³-hybridized carbons (Fsp3) is 0.182. The van der Waals surface area contributed by atoms with Gasteiger partial charge in [0.1, 0.15) is 11.5 Å². The minimum Gasteiger partial charge on any atom is -0.493 e. The molecule has 3 aromatic rings. The van der Waals surface area contributed by atoms with Gasteiger partial charge >= 0.3 is 0 Å². The third kappa shape index (κ3) is 4.85. The Balaban J connectivity index is 1.68. The second kappa shape index (κ2) is 8.85. The van der Waals surface area contributed by atoms with Gasteiger partial charge in [-0.2, -0.15) is 5.10 Å². The molecule has 0 bridgehead atoms. The molecule has 0 saturated carbocycles. The number of hydrogen-bond donors (Lipinski definition) is 1. The number of hydrogen-bond acceptors (Lipinski definition) is 4. The van der Waals surface area contributed by atoms with Gasteiger partial charge in [-0.05, 0) is 48.4 Å². The Kier molecular flexibility index (Phi) is 6.05. The highest BCUT2D eigenvalue weighted by Gasteiger charge is 2.07. The van der Waals surface area contributed by atoms with Crippen molar-refractivity contribution >= 4 is 22.9 Å². The maximum absolute atomic E-state index is 12.0. The van der Waals surface area contributed by atoms with Crippen molar-refractivity contribution in [2.45, 2.75) is 13.8 Å². The molecule has 0 aliphatic carbocycles. The lowest BCUT2D eigenvalue weighted by atomic mass is 10.0. The van der Waals surface area contributed by atoms with Gasteiger partial charge in [-0.25, -0.2) is 5.43 Å². The molecule has 5 heteroatoms. The topological polar surface area (TPSA) is 59.9 Å². The van der Waals surface area contributed by atoms with Gasteiger partial charge in [0.2, 0.25) is 0 Å². The van der Waals surface area contributed by atoms with Crippen LogP contribution in [0.25, 0.3) is 10.8 Å². The van der Waals surface area contributed by atoms with Crippen molar-refractivity contribution in [1.29, 1.82) is 0 Å². The summed E-state index contributed by atoms with van der Waals surface area (Å²) >= 11 is 0. The molecule has 0 saturated heterocycles. The van der Waals surface area contributed by atoms with E-state index in [1.165, 1.54) is 0 Å². The maximum Gasteiger partial charge on any atom is 0.277 e. The number of ether oxygens (including phenoxy) is 2. The molecule has 0 atom stereocenters. The second-order valence-corrected chi connectivity index (χ2v) is 6.03. The summed E-state index contributed by atoms with van der Waals surface area (Å²) in [7, 11) is 0. The Morgan fingerprint density at radius 2 is 1.93 bits per heavy atom. The molecule has 0 radical (unpaired) electrons. The van der Waals surface area contributed by atoms with E-state index >= 15 is 0 Å². The molecule has 5 nitrogen and oxygen atoms in total. The normalized spacial score (nSPS) is 10.9. The highest BCUT2D eigenvalue weighted by molar-refractivity contribution is 6.02. The number of nitrogens with one attached hydrogen (secondary N) is 1. The first kappa shape index (κ1) is 18.5. The monoisotopic (exact) mass is 362 g/mol. The Hall–Kier alpha value is -3.34. The Morgan fingerprint density at radius 3 is 2.74 bits per heavy atom. The van der Waals surface area contributed by atoms with Crippen molar-refractivity contribution in [3.8, 4) is 11.5 Å². The first-order valence-electron chi connectivity index (χ1n) is 8.83. The molecule has 0 aliphatic heterocycles. The molecule has 0 aromatic heterocycles. The van der Waals surface area contributed by atoms with Crippen LogP contribution in [-0.4, -0.2) is 25.3 Å². The summed E-state index contributed by atoms with van der Waals surface area (Å²) in [6.07, 6.45) is 1.61. The minimum atomic E-state index is -0.328. The largest absolute Gasteiger partial charge is 0.493 e. The van der Waals surface area contributed by atoms with Crippen LogP contribution in [0.15, 0.2) is 65.8 Å². The molecule has 0 heterocycles. The SMILES string of the molecule is CCOc1ccc2ccccc2c1/C=N\NC(=O)COc1cccc(C)c1. The van der Waals surface area contributed by atoms with E-state index in [-0.39, 0.29) is 12.5 Å². The quantitative estimate of drug-likeness (QED) is 0.509. The highest BCUT2D eigenvalue weighted by Crippen LogP contribution is 2.26. The van der Waals surface area contributed by atoms with Gasteiger partial charge in [-0.1, -0.05) is 42.5 Å². The van der Waals surface area contributed by atoms with E-state index in [4.69, 9.17) is 9.47 Å². The van der Waals surface area contributed by atoms with Crippen LogP contribution in [0, 0.1) is 6.92 Å². The molecule has 1 N–H and O–H groups in total. The van der Waals surface area contributed by atoms with Gasteiger partial charge in [0.25, 0.3) is 5.91 Å². The number of carbonyl (C=O) groups excluding carboxylic acids is 1. The van der Waals surface area contributed by atoms with E-state index in [1.54, 1.807) is 6.21 Å². The lowest BCUT2D eigenvalue weighted by molar-refractivity contribution is -0.123. The molecule has 3 rings (SSSR count). The van der Waals surface area contributed by atoms with Crippen molar-refractivity contribution in [1.82, 2.24) is 5.43 Å². The smallest absolute Gasteiger partial charge is 0.277 e. The number of aryl methyl sites for hydroxylation is 1. The molecule has 3 aromatic carbocycles. The van der Waals surface area contributed by atoms with Gasteiger partial charge in [-0.3, -0.25) is 4.79 Å². The number of amides is 1. The molecule has 0 aliphatic rings. The summed E-state index contributed by atoms with van der Waals surface area (Å²) in [5.74, 6) is 1.05. The summed E-state index contributed by atoms with van der Waals surface area (Å²) in [5, 5.41) is 6.17. The van der Waals surface area contributed by atoms with Crippen LogP contribution in [0.3, 0.4) is 0 Å². The Labute approximate surface area is 158 Å². The van der Waals surface area contributed by atoms with Crippen molar-refractivity contribution in [2.24, 2.45) is 5.10 Å². The van der Waals surface area contributed by atoms with Crippen LogP contribution in [0.2, 0.25) is 0 Å². The molecule has 0 spiro atoms. The zero-order valence-corrected chi connectivity index (χ0v) is 15.4. The highest BCUT2D eigenvalue weighted by atomic mass is 16.5. The van der Waals surface area contributed by atoms with Gasteiger partial charge < -0.3 is 9.47 Å². The van der Waals surface area contributed by atoms with Gasteiger partial charge in [0, 0.05) is 5.56 Å². The predicted molar refractivity (Wildman–Crippen MR) is 108 cm³/mol. The standard InChI is InChI=1S/C22H22N2O3/c1-3-26-21-12-11-17-8-4-5-10-19(17)20(21)14-23-24-22(25)15-27-18-9-6-7-16(2)13-18/h4-14H,3,15H2,1-2H3,(H,24,25)/b23-14-.